The minimum Gasteiger partial charge on any atom is -0.350 e. The lowest BCUT2D eigenvalue weighted by Gasteiger charge is -2.34. The topological polar surface area (TPSA) is 67.2 Å². The third-order valence-electron chi connectivity index (χ3n) is 2.33. The summed E-state index contributed by atoms with van der Waals surface area (Å²) in [4.78, 5) is 11.0. The maximum absolute atomic E-state index is 11.0. The lowest BCUT2D eigenvalue weighted by Crippen LogP contribution is -2.53. The van der Waals surface area contributed by atoms with Gasteiger partial charge in [0.15, 0.2) is 0 Å². The standard InChI is InChI=1S/C8H17N3O/c1-8(11-7(12)6-9)2-4-10-5-3-8/h10H,2-6,9H2,1H3,(H,11,12). The first-order chi connectivity index (χ1) is 5.66. The average Bonchev–Trinajstić information content (AvgIpc) is 2.05. The highest BCUT2D eigenvalue weighted by Gasteiger charge is 2.27. The van der Waals surface area contributed by atoms with Gasteiger partial charge in [-0.2, -0.15) is 0 Å². The van der Waals surface area contributed by atoms with Crippen LogP contribution in [0.1, 0.15) is 19.8 Å². The number of hydrogen-bond acceptors (Lipinski definition) is 3. The Kier molecular flexibility index (Phi) is 3.05. The molecule has 12 heavy (non-hydrogen) atoms. The van der Waals surface area contributed by atoms with Gasteiger partial charge in [0.05, 0.1) is 6.54 Å². The van der Waals surface area contributed by atoms with Crippen molar-refractivity contribution in [2.45, 2.75) is 25.3 Å². The second kappa shape index (κ2) is 3.87. The van der Waals surface area contributed by atoms with Gasteiger partial charge in [0, 0.05) is 5.54 Å². The molecule has 1 fully saturated rings. The van der Waals surface area contributed by atoms with Crippen LogP contribution in [0.3, 0.4) is 0 Å². The molecule has 0 radical (unpaired) electrons. The molecule has 0 aromatic carbocycles. The zero-order valence-electron chi connectivity index (χ0n) is 7.52. The molecular weight excluding hydrogens is 154 g/mol. The van der Waals surface area contributed by atoms with Gasteiger partial charge in [0.2, 0.25) is 5.91 Å². The summed E-state index contributed by atoms with van der Waals surface area (Å²) >= 11 is 0. The quantitative estimate of drug-likeness (QED) is 0.510. The van der Waals surface area contributed by atoms with Crippen LogP contribution in [-0.4, -0.2) is 31.1 Å². The molecule has 0 aromatic heterocycles. The van der Waals surface area contributed by atoms with Crippen LogP contribution in [0, 0.1) is 0 Å². The number of carbonyl (C=O) groups is 1. The van der Waals surface area contributed by atoms with Gasteiger partial charge >= 0.3 is 0 Å². The Morgan fingerprint density at radius 2 is 2.17 bits per heavy atom. The molecule has 0 unspecified atom stereocenters. The molecule has 1 aliphatic rings. The van der Waals surface area contributed by atoms with E-state index in [-0.39, 0.29) is 18.0 Å². The lowest BCUT2D eigenvalue weighted by atomic mass is 9.90. The fraction of sp³-hybridized carbons (Fsp3) is 0.875. The van der Waals surface area contributed by atoms with Gasteiger partial charge in [-0.25, -0.2) is 0 Å². The predicted octanol–water partition coefficient (Wildman–Crippen LogP) is -0.797. The smallest absolute Gasteiger partial charge is 0.234 e. The van der Waals surface area contributed by atoms with Crippen LogP contribution in [0.5, 0.6) is 0 Å². The number of nitrogens with one attached hydrogen (secondary N) is 2. The molecule has 0 atom stereocenters. The minimum absolute atomic E-state index is 0.0400. The van der Waals surface area contributed by atoms with Gasteiger partial charge in [-0.3, -0.25) is 4.79 Å². The van der Waals surface area contributed by atoms with Gasteiger partial charge in [-0.1, -0.05) is 0 Å². The zero-order valence-corrected chi connectivity index (χ0v) is 7.52. The van der Waals surface area contributed by atoms with Gasteiger partial charge in [-0.15, -0.1) is 0 Å². The molecule has 1 rings (SSSR count). The summed E-state index contributed by atoms with van der Waals surface area (Å²) in [5, 5.41) is 6.19. The number of hydrogen-bond donors (Lipinski definition) is 3. The fourth-order valence-corrected chi connectivity index (χ4v) is 1.49. The van der Waals surface area contributed by atoms with E-state index in [2.05, 4.69) is 17.6 Å². The van der Waals surface area contributed by atoms with E-state index in [1.165, 1.54) is 0 Å². The van der Waals surface area contributed by atoms with Crippen LogP contribution in [0.2, 0.25) is 0 Å². The van der Waals surface area contributed by atoms with Crippen LogP contribution in [0.25, 0.3) is 0 Å². The number of amides is 1. The predicted molar refractivity (Wildman–Crippen MR) is 47.7 cm³/mol. The Morgan fingerprint density at radius 1 is 1.58 bits per heavy atom. The van der Waals surface area contributed by atoms with Crippen LogP contribution < -0.4 is 16.4 Å². The minimum atomic E-state index is -0.0561. The van der Waals surface area contributed by atoms with E-state index >= 15 is 0 Å². The maximum atomic E-state index is 11.0. The van der Waals surface area contributed by atoms with E-state index in [0.29, 0.717) is 0 Å². The van der Waals surface area contributed by atoms with E-state index in [0.717, 1.165) is 25.9 Å². The highest BCUT2D eigenvalue weighted by atomic mass is 16.1. The van der Waals surface area contributed by atoms with Crippen molar-refractivity contribution < 1.29 is 4.79 Å². The highest BCUT2D eigenvalue weighted by molar-refractivity contribution is 5.78. The number of nitrogens with two attached hydrogens (primary N) is 1. The summed E-state index contributed by atoms with van der Waals surface area (Å²) in [5.41, 5.74) is 5.18. The third kappa shape index (κ3) is 2.46. The Balaban J connectivity index is 2.41. The first kappa shape index (κ1) is 9.48. The van der Waals surface area contributed by atoms with Crippen molar-refractivity contribution in [1.82, 2.24) is 10.6 Å². The summed E-state index contributed by atoms with van der Waals surface area (Å²) in [5.74, 6) is -0.0561. The van der Waals surface area contributed by atoms with Crippen molar-refractivity contribution in [1.29, 1.82) is 0 Å². The Bertz CT molecular complexity index is 164. The third-order valence-corrected chi connectivity index (χ3v) is 2.33. The summed E-state index contributed by atoms with van der Waals surface area (Å²) in [6, 6.07) is 0. The van der Waals surface area contributed by atoms with Gasteiger partial charge in [-0.05, 0) is 32.9 Å². The van der Waals surface area contributed by atoms with Crippen molar-refractivity contribution in [3.8, 4) is 0 Å². The molecule has 0 saturated carbocycles. The molecule has 1 saturated heterocycles. The second-order valence-corrected chi connectivity index (χ2v) is 3.56. The molecule has 1 aliphatic heterocycles. The van der Waals surface area contributed by atoms with Crippen LogP contribution in [0.4, 0.5) is 0 Å². The molecule has 0 aromatic rings. The molecule has 1 heterocycles. The Hall–Kier alpha value is -0.610. The van der Waals surface area contributed by atoms with E-state index in [1.807, 2.05) is 0 Å². The summed E-state index contributed by atoms with van der Waals surface area (Å²) in [6.45, 7) is 4.10. The Morgan fingerprint density at radius 3 is 2.67 bits per heavy atom. The van der Waals surface area contributed by atoms with Crippen molar-refractivity contribution in [2.75, 3.05) is 19.6 Å². The van der Waals surface area contributed by atoms with Crippen molar-refractivity contribution in [3.05, 3.63) is 0 Å². The van der Waals surface area contributed by atoms with Gasteiger partial charge in [0.25, 0.3) is 0 Å². The SMILES string of the molecule is CC1(NC(=O)CN)CCNCC1. The summed E-state index contributed by atoms with van der Waals surface area (Å²) in [6.07, 6.45) is 1.97. The highest BCUT2D eigenvalue weighted by Crippen LogP contribution is 2.16. The first-order valence-electron chi connectivity index (χ1n) is 4.38. The normalized spacial score (nSPS) is 21.8. The summed E-state index contributed by atoms with van der Waals surface area (Å²) < 4.78 is 0. The van der Waals surface area contributed by atoms with E-state index in [9.17, 15) is 4.79 Å². The monoisotopic (exact) mass is 171 g/mol. The van der Waals surface area contributed by atoms with Crippen LogP contribution in [-0.2, 0) is 4.79 Å². The molecule has 0 aliphatic carbocycles. The number of rotatable bonds is 2. The van der Waals surface area contributed by atoms with Crippen molar-refractivity contribution >= 4 is 5.91 Å². The molecule has 4 heteroatoms. The van der Waals surface area contributed by atoms with Crippen LogP contribution in [0.15, 0.2) is 0 Å². The molecule has 0 spiro atoms. The number of carbonyl (C=O) groups excluding carboxylic acids is 1. The molecule has 4 N–H and O–H groups in total. The van der Waals surface area contributed by atoms with Gasteiger partial charge < -0.3 is 16.4 Å². The van der Waals surface area contributed by atoms with Crippen LogP contribution >= 0.6 is 0 Å². The summed E-state index contributed by atoms with van der Waals surface area (Å²) in [7, 11) is 0. The average molecular weight is 171 g/mol. The van der Waals surface area contributed by atoms with E-state index in [4.69, 9.17) is 5.73 Å². The number of piperidine rings is 1. The molecule has 70 valence electrons. The molecule has 4 nitrogen and oxygen atoms in total. The molecule has 0 bridgehead atoms. The second-order valence-electron chi connectivity index (χ2n) is 3.56. The zero-order chi connectivity index (χ0) is 9.03. The van der Waals surface area contributed by atoms with Crippen molar-refractivity contribution in [2.24, 2.45) is 5.73 Å². The van der Waals surface area contributed by atoms with Gasteiger partial charge in [0.1, 0.15) is 0 Å². The van der Waals surface area contributed by atoms with E-state index < -0.39 is 0 Å². The molecular formula is C8H17N3O. The largest absolute Gasteiger partial charge is 0.350 e. The Labute approximate surface area is 72.9 Å². The fourth-order valence-electron chi connectivity index (χ4n) is 1.49. The molecule has 1 amide bonds. The first-order valence-corrected chi connectivity index (χ1v) is 4.38. The lowest BCUT2D eigenvalue weighted by molar-refractivity contribution is -0.121. The van der Waals surface area contributed by atoms with E-state index in [1.54, 1.807) is 0 Å². The van der Waals surface area contributed by atoms with Crippen molar-refractivity contribution in [3.63, 3.8) is 0 Å². The maximum Gasteiger partial charge on any atom is 0.234 e.